The van der Waals surface area contributed by atoms with Crippen molar-refractivity contribution in [1.82, 2.24) is 9.55 Å². The van der Waals surface area contributed by atoms with Crippen LogP contribution in [-0.4, -0.2) is 18.0 Å². The van der Waals surface area contributed by atoms with E-state index in [1.807, 2.05) is 11.5 Å². The molecule has 0 aliphatic heterocycles. The highest BCUT2D eigenvalue weighted by Crippen LogP contribution is 2.25. The molecule has 1 aromatic carbocycles. The lowest BCUT2D eigenvalue weighted by Gasteiger charge is -2.11. The molecule has 3 N–H and O–H groups in total. The molecule has 0 aliphatic carbocycles. The molecule has 0 radical (unpaired) electrons. The number of nitrogens with two attached hydrogens (primary N) is 1. The van der Waals surface area contributed by atoms with E-state index in [9.17, 15) is 8.42 Å². The lowest BCUT2D eigenvalue weighted by Crippen LogP contribution is -2.15. The maximum absolute atomic E-state index is 12.4. The minimum absolute atomic E-state index is 0.0103. The molecule has 6 nitrogen and oxygen atoms in total. The molecular formula is C14H20N4O2S. The van der Waals surface area contributed by atoms with Crippen molar-refractivity contribution in [3.63, 3.8) is 0 Å². The number of hydrogen-bond donors (Lipinski definition) is 2. The van der Waals surface area contributed by atoms with Gasteiger partial charge >= 0.3 is 0 Å². The Bertz CT molecular complexity index is 730. The van der Waals surface area contributed by atoms with E-state index in [1.54, 1.807) is 38.2 Å². The smallest absolute Gasteiger partial charge is 0.281 e. The van der Waals surface area contributed by atoms with Crippen LogP contribution >= 0.6 is 0 Å². The molecule has 0 unspecified atom stereocenters. The van der Waals surface area contributed by atoms with E-state index in [-0.39, 0.29) is 5.03 Å². The van der Waals surface area contributed by atoms with Gasteiger partial charge < -0.3 is 10.3 Å². The molecule has 7 heteroatoms. The van der Waals surface area contributed by atoms with Crippen molar-refractivity contribution in [2.45, 2.75) is 38.8 Å². The normalized spacial score (nSPS) is 11.6. The minimum Gasteiger partial charge on any atom is -0.397 e. The van der Waals surface area contributed by atoms with E-state index in [2.05, 4.69) is 9.71 Å². The molecule has 0 atom stereocenters. The van der Waals surface area contributed by atoms with Crippen molar-refractivity contribution in [2.24, 2.45) is 0 Å². The highest BCUT2D eigenvalue weighted by atomic mass is 32.2. The summed E-state index contributed by atoms with van der Waals surface area (Å²) in [6.07, 6.45) is 2.46. The van der Waals surface area contributed by atoms with Crippen molar-refractivity contribution in [3.05, 3.63) is 35.8 Å². The Morgan fingerprint density at radius 3 is 2.67 bits per heavy atom. The van der Waals surface area contributed by atoms with Gasteiger partial charge in [-0.25, -0.2) is 4.98 Å². The number of imidazole rings is 1. The van der Waals surface area contributed by atoms with Crippen molar-refractivity contribution >= 4 is 21.4 Å². The number of sulfonamides is 1. The molecular weight excluding hydrogens is 288 g/mol. The number of aryl methyl sites for hydroxylation is 3. The first-order valence-corrected chi connectivity index (χ1v) is 8.25. The second kappa shape index (κ2) is 5.77. The highest BCUT2D eigenvalue weighted by molar-refractivity contribution is 7.92. The molecule has 21 heavy (non-hydrogen) atoms. The molecule has 0 spiro atoms. The maximum Gasteiger partial charge on any atom is 0.281 e. The predicted octanol–water partition coefficient (Wildman–Crippen LogP) is 2.29. The lowest BCUT2D eigenvalue weighted by molar-refractivity contribution is 0.597. The number of nitrogens with one attached hydrogen (secondary N) is 1. The monoisotopic (exact) mass is 308 g/mol. The van der Waals surface area contributed by atoms with Crippen LogP contribution in [0.15, 0.2) is 29.4 Å². The predicted molar refractivity (Wildman–Crippen MR) is 83.7 cm³/mol. The fourth-order valence-electron chi connectivity index (χ4n) is 2.09. The SMILES string of the molecule is CCCn1cc(S(=O)(=O)Nc2c(C)cccc2N)nc1C. The Hall–Kier alpha value is -2.02. The van der Waals surface area contributed by atoms with Gasteiger partial charge in [-0.15, -0.1) is 0 Å². The summed E-state index contributed by atoms with van der Waals surface area (Å²) in [5.41, 5.74) is 7.40. The third kappa shape index (κ3) is 3.18. The number of benzene rings is 1. The van der Waals surface area contributed by atoms with Gasteiger partial charge in [-0.3, -0.25) is 4.72 Å². The van der Waals surface area contributed by atoms with Gasteiger partial charge in [-0.2, -0.15) is 8.42 Å². The largest absolute Gasteiger partial charge is 0.397 e. The van der Waals surface area contributed by atoms with Gasteiger partial charge in [0.25, 0.3) is 10.0 Å². The standard InChI is InChI=1S/C14H20N4O2S/c1-4-8-18-9-13(16-11(18)3)21(19,20)17-14-10(2)6-5-7-12(14)15/h5-7,9,17H,4,8,15H2,1-3H3. The highest BCUT2D eigenvalue weighted by Gasteiger charge is 2.21. The molecule has 2 rings (SSSR count). The Labute approximate surface area is 125 Å². The quantitative estimate of drug-likeness (QED) is 0.829. The van der Waals surface area contributed by atoms with E-state index < -0.39 is 10.0 Å². The summed E-state index contributed by atoms with van der Waals surface area (Å²) in [5, 5.41) is 0.0103. The summed E-state index contributed by atoms with van der Waals surface area (Å²) in [7, 11) is -3.74. The summed E-state index contributed by atoms with van der Waals surface area (Å²) in [6.45, 7) is 6.35. The number of para-hydroxylation sites is 1. The Morgan fingerprint density at radius 1 is 1.33 bits per heavy atom. The van der Waals surface area contributed by atoms with Gasteiger partial charge in [0.2, 0.25) is 0 Å². The third-order valence-corrected chi connectivity index (χ3v) is 4.46. The van der Waals surface area contributed by atoms with Crippen molar-refractivity contribution in [2.75, 3.05) is 10.5 Å². The topological polar surface area (TPSA) is 90.0 Å². The van der Waals surface area contributed by atoms with Crippen LogP contribution in [0.4, 0.5) is 11.4 Å². The van der Waals surface area contributed by atoms with Gasteiger partial charge in [0.15, 0.2) is 5.03 Å². The molecule has 0 saturated heterocycles. The molecule has 0 aliphatic rings. The van der Waals surface area contributed by atoms with E-state index in [0.29, 0.717) is 17.2 Å². The molecule has 1 aromatic heterocycles. The van der Waals surface area contributed by atoms with Crippen LogP contribution in [0.5, 0.6) is 0 Å². The van der Waals surface area contributed by atoms with Crippen molar-refractivity contribution < 1.29 is 8.42 Å². The first-order chi connectivity index (χ1) is 9.85. The molecule has 0 fully saturated rings. The van der Waals surface area contributed by atoms with Crippen molar-refractivity contribution in [1.29, 1.82) is 0 Å². The summed E-state index contributed by atoms with van der Waals surface area (Å²) < 4.78 is 29.2. The van der Waals surface area contributed by atoms with Crippen LogP contribution < -0.4 is 10.5 Å². The molecule has 0 saturated carbocycles. The van der Waals surface area contributed by atoms with Gasteiger partial charge in [-0.05, 0) is 31.9 Å². The maximum atomic E-state index is 12.4. The number of nitrogen functional groups attached to an aromatic ring is 1. The molecule has 0 amide bonds. The van der Waals surface area contributed by atoms with E-state index in [0.717, 1.165) is 18.5 Å². The summed E-state index contributed by atoms with van der Waals surface area (Å²) in [6, 6.07) is 5.24. The Kier molecular flexibility index (Phi) is 4.22. The van der Waals surface area contributed by atoms with Crippen molar-refractivity contribution in [3.8, 4) is 0 Å². The molecule has 0 bridgehead atoms. The van der Waals surface area contributed by atoms with Crippen LogP contribution in [-0.2, 0) is 16.6 Å². The summed E-state index contributed by atoms with van der Waals surface area (Å²) in [5.74, 6) is 0.676. The lowest BCUT2D eigenvalue weighted by atomic mass is 10.2. The second-order valence-electron chi connectivity index (χ2n) is 4.96. The van der Waals surface area contributed by atoms with Gasteiger partial charge in [0.1, 0.15) is 5.82 Å². The number of rotatable bonds is 5. The van der Waals surface area contributed by atoms with Gasteiger partial charge in [-0.1, -0.05) is 19.1 Å². The van der Waals surface area contributed by atoms with Crippen LogP contribution in [0.3, 0.4) is 0 Å². The average molecular weight is 308 g/mol. The molecule has 2 aromatic rings. The van der Waals surface area contributed by atoms with Gasteiger partial charge in [0.05, 0.1) is 11.4 Å². The number of hydrogen-bond acceptors (Lipinski definition) is 4. The first-order valence-electron chi connectivity index (χ1n) is 6.77. The summed E-state index contributed by atoms with van der Waals surface area (Å²) in [4.78, 5) is 4.13. The molecule has 114 valence electrons. The zero-order chi connectivity index (χ0) is 15.6. The van der Waals surface area contributed by atoms with E-state index in [4.69, 9.17) is 5.73 Å². The number of nitrogens with zero attached hydrogens (tertiary/aromatic N) is 2. The zero-order valence-electron chi connectivity index (χ0n) is 12.4. The average Bonchev–Trinajstić information content (AvgIpc) is 2.77. The first kappa shape index (κ1) is 15.4. The fourth-order valence-corrected chi connectivity index (χ4v) is 3.26. The Morgan fingerprint density at radius 2 is 2.05 bits per heavy atom. The minimum atomic E-state index is -3.74. The third-order valence-electron chi connectivity index (χ3n) is 3.24. The molecule has 1 heterocycles. The van der Waals surface area contributed by atoms with E-state index in [1.165, 1.54) is 0 Å². The van der Waals surface area contributed by atoms with Crippen LogP contribution in [0.1, 0.15) is 24.7 Å². The number of anilines is 2. The zero-order valence-corrected chi connectivity index (χ0v) is 13.2. The second-order valence-corrected chi connectivity index (χ2v) is 6.59. The van der Waals surface area contributed by atoms with Crippen LogP contribution in [0.25, 0.3) is 0 Å². The summed E-state index contributed by atoms with van der Waals surface area (Å²) >= 11 is 0. The Balaban J connectivity index is 2.37. The van der Waals surface area contributed by atoms with Crippen LogP contribution in [0, 0.1) is 13.8 Å². The van der Waals surface area contributed by atoms with Gasteiger partial charge in [0, 0.05) is 12.7 Å². The van der Waals surface area contributed by atoms with Crippen LogP contribution in [0.2, 0.25) is 0 Å². The fraction of sp³-hybridized carbons (Fsp3) is 0.357. The van der Waals surface area contributed by atoms with E-state index >= 15 is 0 Å². The number of aromatic nitrogens is 2.